The van der Waals surface area contributed by atoms with Crippen LogP contribution in [0.5, 0.6) is 0 Å². The van der Waals surface area contributed by atoms with Crippen molar-refractivity contribution in [1.29, 1.82) is 0 Å². The molecular formula is C88H94BN5. The molecule has 5 nitrogen and oxygen atoms in total. The van der Waals surface area contributed by atoms with Gasteiger partial charge in [0, 0.05) is 73.1 Å². The molecule has 15 rings (SSSR count). The fourth-order valence-electron chi connectivity index (χ4n) is 17.2. The molecule has 1 aliphatic carbocycles. The van der Waals surface area contributed by atoms with Gasteiger partial charge in [0.15, 0.2) is 0 Å². The largest absolute Gasteiger partial charge is 0.334 e. The zero-order valence-corrected chi connectivity index (χ0v) is 59.1. The third kappa shape index (κ3) is 9.44. The molecule has 0 amide bonds. The van der Waals surface area contributed by atoms with Gasteiger partial charge in [-0.2, -0.15) is 0 Å². The maximum Gasteiger partial charge on any atom is 0.252 e. The molecule has 1 fully saturated rings. The molecule has 0 radical (unpaired) electrons. The van der Waals surface area contributed by atoms with Crippen molar-refractivity contribution in [3.8, 4) is 5.69 Å². The Kier molecular flexibility index (Phi) is 14.0. The molecule has 4 heterocycles. The zero-order chi connectivity index (χ0) is 66.1. The van der Waals surface area contributed by atoms with E-state index in [1.54, 1.807) is 0 Å². The van der Waals surface area contributed by atoms with E-state index in [-0.39, 0.29) is 39.3 Å². The summed E-state index contributed by atoms with van der Waals surface area (Å²) in [6.07, 6.45) is 4.69. The number of para-hydroxylation sites is 3. The molecule has 2 unspecified atom stereocenters. The Bertz CT molecular complexity index is 4820. The fraction of sp³-hybridized carbons (Fsp3) is 0.318. The molecule has 11 aromatic rings. The van der Waals surface area contributed by atoms with Gasteiger partial charge in [-0.15, -0.1) is 0 Å². The van der Waals surface area contributed by atoms with Crippen LogP contribution in [-0.4, -0.2) is 16.8 Å². The van der Waals surface area contributed by atoms with Crippen molar-refractivity contribution in [2.24, 2.45) is 0 Å². The normalized spacial score (nSPS) is 17.7. The molecule has 0 N–H and O–H groups in total. The van der Waals surface area contributed by atoms with Crippen LogP contribution < -0.4 is 36.0 Å². The topological polar surface area (TPSA) is 17.9 Å². The first-order valence-corrected chi connectivity index (χ1v) is 34.7. The van der Waals surface area contributed by atoms with Gasteiger partial charge in [0.05, 0.1) is 27.9 Å². The van der Waals surface area contributed by atoms with Crippen molar-refractivity contribution >= 4 is 107 Å². The average molecular weight is 1230 g/mol. The summed E-state index contributed by atoms with van der Waals surface area (Å²) in [6, 6.07) is 75.9. The van der Waals surface area contributed by atoms with Gasteiger partial charge < -0.3 is 24.2 Å². The van der Waals surface area contributed by atoms with Crippen LogP contribution >= 0.6 is 0 Å². The van der Waals surface area contributed by atoms with Gasteiger partial charge in [-0.25, -0.2) is 0 Å². The Morgan fingerprint density at radius 3 is 1.41 bits per heavy atom. The Balaban J connectivity index is 1.07. The molecule has 0 spiro atoms. The Labute approximate surface area is 561 Å². The van der Waals surface area contributed by atoms with Crippen molar-refractivity contribution in [3.63, 3.8) is 0 Å². The first-order chi connectivity index (χ1) is 44.5. The van der Waals surface area contributed by atoms with E-state index < -0.39 is 0 Å². The van der Waals surface area contributed by atoms with E-state index in [4.69, 9.17) is 0 Å². The molecule has 94 heavy (non-hydrogen) atoms. The number of aryl methyl sites for hydroxylation is 4. The van der Waals surface area contributed by atoms with Gasteiger partial charge in [-0.05, 0) is 227 Å². The van der Waals surface area contributed by atoms with E-state index in [1.807, 2.05) is 0 Å². The first-order valence-electron chi connectivity index (χ1n) is 34.7. The second kappa shape index (κ2) is 21.4. The van der Waals surface area contributed by atoms with E-state index in [0.29, 0.717) is 0 Å². The number of rotatable bonds is 7. The van der Waals surface area contributed by atoms with Crippen molar-refractivity contribution in [3.05, 3.63) is 244 Å². The second-order valence-corrected chi connectivity index (χ2v) is 32.9. The highest BCUT2D eigenvalue weighted by atomic mass is 15.3. The van der Waals surface area contributed by atoms with Crippen LogP contribution in [0.25, 0.3) is 27.5 Å². The molecule has 0 bridgehead atoms. The number of anilines is 11. The van der Waals surface area contributed by atoms with E-state index in [9.17, 15) is 0 Å². The molecule has 1 aromatic heterocycles. The van der Waals surface area contributed by atoms with Crippen molar-refractivity contribution < 1.29 is 0 Å². The molecule has 474 valence electrons. The molecular weight excluding hydrogens is 1140 g/mol. The number of aromatic nitrogens is 1. The molecule has 6 heteroatoms. The van der Waals surface area contributed by atoms with Crippen molar-refractivity contribution in [2.75, 3.05) is 19.6 Å². The highest BCUT2D eigenvalue weighted by Gasteiger charge is 2.59. The summed E-state index contributed by atoms with van der Waals surface area (Å²) in [7, 11) is 0. The average Bonchev–Trinajstić information content (AvgIpc) is 1.26. The zero-order valence-electron chi connectivity index (χ0n) is 59.1. The van der Waals surface area contributed by atoms with Gasteiger partial charge in [0.1, 0.15) is 0 Å². The Morgan fingerprint density at radius 1 is 0.383 bits per heavy atom. The number of fused-ring (bicyclic) bond motifs is 10. The van der Waals surface area contributed by atoms with Crippen LogP contribution in [0.1, 0.15) is 173 Å². The fourth-order valence-corrected chi connectivity index (χ4v) is 17.2. The van der Waals surface area contributed by atoms with Gasteiger partial charge in [0.2, 0.25) is 0 Å². The summed E-state index contributed by atoms with van der Waals surface area (Å²) >= 11 is 0. The lowest BCUT2D eigenvalue weighted by Crippen LogP contribution is -2.61. The third-order valence-corrected chi connectivity index (χ3v) is 22.5. The minimum Gasteiger partial charge on any atom is -0.334 e. The molecule has 4 aliphatic rings. The highest BCUT2D eigenvalue weighted by Crippen LogP contribution is 2.62. The van der Waals surface area contributed by atoms with Crippen molar-refractivity contribution in [1.82, 2.24) is 4.57 Å². The van der Waals surface area contributed by atoms with E-state index in [1.165, 1.54) is 147 Å². The minimum atomic E-state index is -0.205. The number of benzene rings is 10. The molecule has 1 saturated carbocycles. The summed E-state index contributed by atoms with van der Waals surface area (Å²) in [6.45, 7) is 42.9. The smallest absolute Gasteiger partial charge is 0.252 e. The summed E-state index contributed by atoms with van der Waals surface area (Å²) in [5.41, 5.74) is 32.3. The lowest BCUT2D eigenvalue weighted by Gasteiger charge is -2.50. The highest BCUT2D eigenvalue weighted by molar-refractivity contribution is 7.00. The maximum atomic E-state index is 2.79. The quantitative estimate of drug-likeness (QED) is 0.148. The first kappa shape index (κ1) is 61.4. The predicted molar refractivity (Wildman–Crippen MR) is 406 cm³/mol. The van der Waals surface area contributed by atoms with E-state index in [0.717, 1.165) is 35.6 Å². The van der Waals surface area contributed by atoms with Gasteiger partial charge >= 0.3 is 0 Å². The maximum absolute atomic E-state index is 2.79. The van der Waals surface area contributed by atoms with Gasteiger partial charge in [-0.3, -0.25) is 0 Å². The Hall–Kier alpha value is -8.74. The van der Waals surface area contributed by atoms with Crippen LogP contribution in [0.2, 0.25) is 0 Å². The van der Waals surface area contributed by atoms with Crippen LogP contribution in [-0.2, 0) is 27.1 Å². The SMILES string of the molecule is Cc1cc(C(C)(C)C)cc(C)c1N1c2cc(N(c3ccc(C(C)(C)C)cc3)c3ccc4c5ccccc5n(-c5ccccc5)c4c3)ccc2B2c3cc4c(cc3N(c3c(C)cc(C(C)(C)C)cc3C)c3cc(C(C)(C)C)cc1c32)C1(C)CCCCC1(C)N4c1ccccc1. The Morgan fingerprint density at radius 2 is 0.851 bits per heavy atom. The molecule has 3 aliphatic heterocycles. The number of hydrogen-bond donors (Lipinski definition) is 0. The molecule has 10 aromatic carbocycles. The molecule has 2 atom stereocenters. The molecule has 0 saturated heterocycles. The van der Waals surface area contributed by atoms with Crippen molar-refractivity contribution in [2.45, 2.75) is 183 Å². The van der Waals surface area contributed by atoms with E-state index in [2.05, 4.69) is 343 Å². The summed E-state index contributed by atoms with van der Waals surface area (Å²) < 4.78 is 2.45. The van der Waals surface area contributed by atoms with Crippen LogP contribution in [0.15, 0.2) is 194 Å². The number of hydrogen-bond acceptors (Lipinski definition) is 4. The monoisotopic (exact) mass is 1230 g/mol. The van der Waals surface area contributed by atoms with Crippen LogP contribution in [0.4, 0.5) is 62.6 Å². The van der Waals surface area contributed by atoms with Gasteiger partial charge in [0.25, 0.3) is 6.71 Å². The second-order valence-electron chi connectivity index (χ2n) is 32.9. The minimum absolute atomic E-state index is 0.0201. The van der Waals surface area contributed by atoms with Gasteiger partial charge in [-0.1, -0.05) is 206 Å². The summed E-state index contributed by atoms with van der Waals surface area (Å²) in [5.74, 6) is 0. The lowest BCUT2D eigenvalue weighted by atomic mass is 9.33. The number of nitrogens with zero attached hydrogens (tertiary/aromatic N) is 5. The standard InChI is InChI=1S/C88H94BN5/c1-55-45-60(84(8,9)10)46-56(2)81(55)92-76-52-67(90(64-37-35-59(36-38-64)83(5,6)7)66-39-41-69-68-33-25-26-34-73(68)91(74(69)51-66)63-29-21-19-22-30-63)40-42-71(76)89-72-54-75-70(87(17)43-27-28-44-88(87,18)94(75)65-31-23-20-24-32-65)53-77(72)93(79-50-62(86(14,15)16)49-78(92)80(79)89)82-57(3)47-61(48-58(82)4)85(11,12)13/h19-26,29-42,45-54H,27-28,43-44H2,1-18H3. The predicted octanol–water partition coefficient (Wildman–Crippen LogP) is 22.5. The van der Waals surface area contributed by atoms with Crippen LogP contribution in [0, 0.1) is 27.7 Å². The third-order valence-electron chi connectivity index (χ3n) is 22.5. The lowest BCUT2D eigenvalue weighted by molar-refractivity contribution is 0.195. The van der Waals surface area contributed by atoms with E-state index >= 15 is 0 Å². The summed E-state index contributed by atoms with van der Waals surface area (Å²) in [5, 5.41) is 2.47. The van der Waals surface area contributed by atoms with Crippen LogP contribution in [0.3, 0.4) is 0 Å². The summed E-state index contributed by atoms with van der Waals surface area (Å²) in [4.78, 5) is 10.8.